The number of amides is 2. The maximum absolute atomic E-state index is 13.5. The van der Waals surface area contributed by atoms with Gasteiger partial charge in [-0.1, -0.05) is 44.0 Å². The van der Waals surface area contributed by atoms with Gasteiger partial charge >= 0.3 is 0 Å². The number of aromatic nitrogens is 1. The van der Waals surface area contributed by atoms with E-state index >= 15 is 0 Å². The summed E-state index contributed by atoms with van der Waals surface area (Å²) in [5.74, 6) is -0.705. The molecule has 2 aromatic carbocycles. The van der Waals surface area contributed by atoms with Crippen molar-refractivity contribution in [2.75, 3.05) is 28.7 Å². The minimum Gasteiger partial charge on any atom is -0.492 e. The Morgan fingerprint density at radius 1 is 0.950 bits per heavy atom. The van der Waals surface area contributed by atoms with Crippen molar-refractivity contribution >= 4 is 83.5 Å². The second-order valence-electron chi connectivity index (χ2n) is 9.96. The molecule has 13 heteroatoms. The molecular formula is C27H26Cl2N4O5S2. The molecule has 4 rings (SSSR count). The van der Waals surface area contributed by atoms with Crippen molar-refractivity contribution in [2.24, 2.45) is 0 Å². The van der Waals surface area contributed by atoms with E-state index in [1.807, 2.05) is 20.8 Å². The number of benzene rings is 2. The lowest BCUT2D eigenvalue weighted by Crippen LogP contribution is -2.18. The van der Waals surface area contributed by atoms with Gasteiger partial charge in [0.1, 0.15) is 5.15 Å². The largest absolute Gasteiger partial charge is 0.492 e. The lowest BCUT2D eigenvalue weighted by molar-refractivity contribution is 0.102. The average molecular weight is 622 g/mol. The summed E-state index contributed by atoms with van der Waals surface area (Å²) < 4.78 is 32.6. The Balaban J connectivity index is 1.71. The van der Waals surface area contributed by atoms with E-state index in [2.05, 4.69) is 20.3 Å². The topological polar surface area (TPSA) is 126 Å². The molecule has 3 N–H and O–H groups in total. The molecule has 40 heavy (non-hydrogen) atoms. The average Bonchev–Trinajstić information content (AvgIpc) is 3.31. The predicted molar refractivity (Wildman–Crippen MR) is 162 cm³/mol. The Morgan fingerprint density at radius 2 is 1.62 bits per heavy atom. The number of methoxy groups -OCH3 is 1. The van der Waals surface area contributed by atoms with Crippen LogP contribution in [0.2, 0.25) is 10.2 Å². The first-order valence-corrected chi connectivity index (χ1v) is 15.3. The van der Waals surface area contributed by atoms with E-state index in [9.17, 15) is 18.0 Å². The van der Waals surface area contributed by atoms with Gasteiger partial charge in [0.05, 0.1) is 45.6 Å². The van der Waals surface area contributed by atoms with Gasteiger partial charge in [-0.3, -0.25) is 14.3 Å². The van der Waals surface area contributed by atoms with Crippen LogP contribution in [0.25, 0.3) is 10.1 Å². The van der Waals surface area contributed by atoms with Gasteiger partial charge in [-0.2, -0.15) is 0 Å². The number of pyridine rings is 1. The van der Waals surface area contributed by atoms with Gasteiger partial charge in [-0.15, -0.1) is 11.3 Å². The number of rotatable bonds is 7. The number of thiophene rings is 1. The Morgan fingerprint density at radius 3 is 2.23 bits per heavy atom. The van der Waals surface area contributed by atoms with Crippen LogP contribution >= 0.6 is 34.5 Å². The van der Waals surface area contributed by atoms with E-state index in [0.29, 0.717) is 36.9 Å². The zero-order chi connectivity index (χ0) is 29.4. The summed E-state index contributed by atoms with van der Waals surface area (Å²) in [6.45, 7) is 5.90. The molecule has 0 spiro atoms. The van der Waals surface area contributed by atoms with Crippen LogP contribution in [0.1, 0.15) is 46.4 Å². The molecule has 0 aliphatic rings. The number of sulfonamides is 1. The van der Waals surface area contributed by atoms with Gasteiger partial charge in [0.2, 0.25) is 10.0 Å². The van der Waals surface area contributed by atoms with Crippen molar-refractivity contribution in [2.45, 2.75) is 26.2 Å². The second kappa shape index (κ2) is 11.2. The summed E-state index contributed by atoms with van der Waals surface area (Å²) in [6, 6.07) is 11.4. The van der Waals surface area contributed by atoms with Crippen LogP contribution in [-0.4, -0.2) is 38.6 Å². The van der Waals surface area contributed by atoms with Crippen molar-refractivity contribution in [1.29, 1.82) is 0 Å². The van der Waals surface area contributed by atoms with Crippen LogP contribution < -0.4 is 20.1 Å². The van der Waals surface area contributed by atoms with Gasteiger partial charge in [-0.05, 0) is 53.4 Å². The summed E-state index contributed by atoms with van der Waals surface area (Å²) in [7, 11) is -2.24. The second-order valence-corrected chi connectivity index (χ2v) is 13.6. The first kappa shape index (κ1) is 29.6. The minimum absolute atomic E-state index is 0.162. The van der Waals surface area contributed by atoms with E-state index in [1.165, 1.54) is 19.4 Å². The highest BCUT2D eigenvalue weighted by Crippen LogP contribution is 2.41. The number of carbonyl (C=O) groups excluding carboxylic acids is 2. The van der Waals surface area contributed by atoms with Crippen LogP contribution in [0.5, 0.6) is 5.75 Å². The number of nitrogens with zero attached hydrogens (tertiary/aromatic N) is 1. The highest BCUT2D eigenvalue weighted by atomic mass is 35.5. The zero-order valence-electron chi connectivity index (χ0n) is 22.2. The maximum atomic E-state index is 13.5. The van der Waals surface area contributed by atoms with Gasteiger partial charge in [0.25, 0.3) is 11.8 Å². The molecule has 0 saturated carbocycles. The molecule has 2 aromatic heterocycles. The molecule has 0 fully saturated rings. The summed E-state index contributed by atoms with van der Waals surface area (Å²) in [5, 5.41) is 6.94. The molecule has 4 aromatic rings. The van der Waals surface area contributed by atoms with E-state index in [0.717, 1.165) is 23.2 Å². The molecule has 0 aliphatic heterocycles. The van der Waals surface area contributed by atoms with Gasteiger partial charge < -0.3 is 15.4 Å². The molecule has 0 atom stereocenters. The Bertz CT molecular complexity index is 1730. The number of carbonyl (C=O) groups is 2. The molecule has 0 aliphatic carbocycles. The van der Waals surface area contributed by atoms with E-state index in [1.54, 1.807) is 36.4 Å². The fourth-order valence-corrected chi connectivity index (χ4v) is 5.82. The number of anilines is 3. The van der Waals surface area contributed by atoms with Gasteiger partial charge in [-0.25, -0.2) is 13.4 Å². The fourth-order valence-electron chi connectivity index (χ4n) is 3.84. The molecular weight excluding hydrogens is 595 g/mol. The normalized spacial score (nSPS) is 11.8. The third-order valence-electron chi connectivity index (χ3n) is 5.79. The number of hydrogen-bond donors (Lipinski definition) is 3. The Hall–Kier alpha value is -3.38. The van der Waals surface area contributed by atoms with Gasteiger partial charge in [0, 0.05) is 16.6 Å². The standard InChI is InChI=1S/C27H26Cl2N4O5S2/c1-27(2,3)15-10-19(23(38-4)20(11-15)33-40(5,36)37)32-26(35)21-12-16-17(28)7-8-18(24(16)39-21)31-25(34)14-6-9-22(29)30-13-14/h6-13,33H,1-5H3,(H,31,34)(H,32,35). The number of hydrogen-bond acceptors (Lipinski definition) is 7. The quantitative estimate of drug-likeness (QED) is 0.195. The molecule has 0 saturated heterocycles. The predicted octanol–water partition coefficient (Wildman–Crippen LogP) is 6.79. The third kappa shape index (κ3) is 6.67. The minimum atomic E-state index is -3.63. The maximum Gasteiger partial charge on any atom is 0.265 e. The zero-order valence-corrected chi connectivity index (χ0v) is 25.3. The number of halogens is 2. The first-order valence-electron chi connectivity index (χ1n) is 11.8. The molecule has 9 nitrogen and oxygen atoms in total. The monoisotopic (exact) mass is 620 g/mol. The van der Waals surface area contributed by atoms with Crippen LogP contribution in [-0.2, 0) is 15.4 Å². The molecule has 2 heterocycles. The summed E-state index contributed by atoms with van der Waals surface area (Å²) in [6.07, 6.45) is 2.40. The molecule has 0 unspecified atom stereocenters. The molecule has 0 radical (unpaired) electrons. The molecule has 0 bridgehead atoms. The molecule has 210 valence electrons. The number of nitrogens with one attached hydrogen (secondary N) is 3. The van der Waals surface area contributed by atoms with Crippen LogP contribution in [0.3, 0.4) is 0 Å². The summed E-state index contributed by atoms with van der Waals surface area (Å²) in [5.41, 5.74) is 1.68. The Kier molecular flexibility index (Phi) is 8.32. The van der Waals surface area contributed by atoms with Crippen LogP contribution in [0.15, 0.2) is 48.7 Å². The van der Waals surface area contributed by atoms with E-state index in [4.69, 9.17) is 27.9 Å². The van der Waals surface area contributed by atoms with Crippen molar-refractivity contribution in [3.8, 4) is 5.75 Å². The number of ether oxygens (including phenoxy) is 1. The summed E-state index contributed by atoms with van der Waals surface area (Å²) >= 11 is 13.4. The van der Waals surface area contributed by atoms with Crippen LogP contribution in [0.4, 0.5) is 17.1 Å². The smallest absolute Gasteiger partial charge is 0.265 e. The highest BCUT2D eigenvalue weighted by Gasteiger charge is 2.23. The SMILES string of the molecule is COc1c(NC(=O)c2cc3c(Cl)ccc(NC(=O)c4ccc(Cl)nc4)c3s2)cc(C(C)(C)C)cc1NS(C)(=O)=O. The summed E-state index contributed by atoms with van der Waals surface area (Å²) in [4.78, 5) is 30.5. The third-order valence-corrected chi connectivity index (χ3v) is 8.11. The molecule has 2 amide bonds. The number of fused-ring (bicyclic) bond motifs is 1. The first-order chi connectivity index (χ1) is 18.7. The lowest BCUT2D eigenvalue weighted by atomic mass is 9.86. The highest BCUT2D eigenvalue weighted by molar-refractivity contribution is 7.92. The van der Waals surface area contributed by atoms with E-state index in [-0.39, 0.29) is 22.0 Å². The van der Waals surface area contributed by atoms with Crippen molar-refractivity contribution in [1.82, 2.24) is 4.98 Å². The van der Waals surface area contributed by atoms with Crippen molar-refractivity contribution in [3.63, 3.8) is 0 Å². The Labute approximate surface area is 245 Å². The lowest BCUT2D eigenvalue weighted by Gasteiger charge is -2.23. The van der Waals surface area contributed by atoms with Gasteiger partial charge in [0.15, 0.2) is 5.75 Å². The van der Waals surface area contributed by atoms with Crippen molar-refractivity contribution < 1.29 is 22.7 Å². The van der Waals surface area contributed by atoms with Crippen molar-refractivity contribution in [3.05, 3.63) is 74.8 Å². The van der Waals surface area contributed by atoms with E-state index < -0.39 is 21.8 Å². The van der Waals surface area contributed by atoms with Crippen LogP contribution in [0, 0.1) is 0 Å². The fraction of sp³-hybridized carbons (Fsp3) is 0.222.